The van der Waals surface area contributed by atoms with Crippen LogP contribution in [0.25, 0.3) is 0 Å². The van der Waals surface area contributed by atoms with Gasteiger partial charge in [0.1, 0.15) is 5.78 Å². The number of fused-ring (bicyclic) bond motifs is 7. The second-order valence-electron chi connectivity index (χ2n) is 11.3. The molecule has 3 heteroatoms. The molecule has 0 heterocycles. The van der Waals surface area contributed by atoms with E-state index in [-0.39, 0.29) is 16.2 Å². The molecule has 0 radical (unpaired) electrons. The van der Waals surface area contributed by atoms with Gasteiger partial charge in [-0.3, -0.25) is 4.79 Å². The van der Waals surface area contributed by atoms with Gasteiger partial charge < -0.3 is 5.21 Å². The van der Waals surface area contributed by atoms with Crippen molar-refractivity contribution in [2.75, 3.05) is 0 Å². The van der Waals surface area contributed by atoms with Crippen molar-refractivity contribution < 1.29 is 10.0 Å². The summed E-state index contributed by atoms with van der Waals surface area (Å²) in [6.07, 6.45) is 15.5. The summed E-state index contributed by atoms with van der Waals surface area (Å²) in [5.74, 6) is 3.39. The van der Waals surface area contributed by atoms with Crippen LogP contribution in [-0.2, 0) is 4.79 Å². The Kier molecular flexibility index (Phi) is 4.17. The maximum atomic E-state index is 13.1. The lowest BCUT2D eigenvalue weighted by molar-refractivity contribution is -0.147. The first kappa shape index (κ1) is 18.9. The number of oxime groups is 1. The average Bonchev–Trinajstić information content (AvgIpc) is 2.97. The van der Waals surface area contributed by atoms with E-state index in [1.807, 2.05) is 6.92 Å². The predicted molar refractivity (Wildman–Crippen MR) is 111 cm³/mol. The van der Waals surface area contributed by atoms with Gasteiger partial charge in [0.25, 0.3) is 0 Å². The third-order valence-corrected chi connectivity index (χ3v) is 10.8. The number of allylic oxidation sites excluding steroid dienone is 2. The van der Waals surface area contributed by atoms with Gasteiger partial charge in [0.05, 0.1) is 5.71 Å². The molecule has 5 aliphatic rings. The number of carbonyl (C=O) groups is 1. The first-order valence-electron chi connectivity index (χ1n) is 11.8. The van der Waals surface area contributed by atoms with Crippen LogP contribution in [0.15, 0.2) is 16.8 Å². The highest BCUT2D eigenvalue weighted by molar-refractivity contribution is 5.96. The molecule has 0 bridgehead atoms. The van der Waals surface area contributed by atoms with E-state index in [0.717, 1.165) is 49.1 Å². The van der Waals surface area contributed by atoms with E-state index < -0.39 is 0 Å². The minimum absolute atomic E-state index is 0.0266. The number of hydrogen-bond acceptors (Lipinski definition) is 3. The fourth-order valence-electron chi connectivity index (χ4n) is 9.45. The Balaban J connectivity index is 1.53. The molecule has 5 rings (SSSR count). The van der Waals surface area contributed by atoms with E-state index in [2.05, 4.69) is 25.1 Å². The number of nitrogens with zero attached hydrogens (tertiary/aromatic N) is 1. The van der Waals surface area contributed by atoms with Gasteiger partial charge >= 0.3 is 0 Å². The summed E-state index contributed by atoms with van der Waals surface area (Å²) in [4.78, 5) is 13.1. The molecule has 0 aromatic carbocycles. The number of rotatable bonds is 1. The van der Waals surface area contributed by atoms with Gasteiger partial charge in [0.15, 0.2) is 0 Å². The number of carbonyl (C=O) groups excluding carboxylic acids is 1. The van der Waals surface area contributed by atoms with E-state index in [1.165, 1.54) is 50.5 Å². The summed E-state index contributed by atoms with van der Waals surface area (Å²) >= 11 is 0. The van der Waals surface area contributed by atoms with Crippen molar-refractivity contribution in [2.24, 2.45) is 45.1 Å². The minimum Gasteiger partial charge on any atom is -0.411 e. The van der Waals surface area contributed by atoms with Crippen molar-refractivity contribution in [1.82, 2.24) is 0 Å². The van der Waals surface area contributed by atoms with Gasteiger partial charge in [0.2, 0.25) is 0 Å². The lowest BCUT2D eigenvalue weighted by Gasteiger charge is -2.60. The first-order valence-corrected chi connectivity index (χ1v) is 11.8. The van der Waals surface area contributed by atoms with E-state index >= 15 is 0 Å². The smallest absolute Gasteiger partial charge is 0.136 e. The van der Waals surface area contributed by atoms with Crippen molar-refractivity contribution >= 4 is 11.5 Å². The molecule has 154 valence electrons. The molecule has 0 aromatic rings. The predicted octanol–water partition coefficient (Wildman–Crippen LogP) is 6.15. The molecule has 3 nitrogen and oxygen atoms in total. The molecule has 0 spiro atoms. The van der Waals surface area contributed by atoms with E-state index in [4.69, 9.17) is 0 Å². The SMILES string of the molecule is CC(=O)[C@@]12CCCC[C@@H]1C[C@H]1[C@@H]3CCC4=C/C(=N/O)CC[C@]4(C)[C@H]3CC[C@@]12C. The van der Waals surface area contributed by atoms with Gasteiger partial charge in [-0.25, -0.2) is 0 Å². The average molecular weight is 384 g/mol. The van der Waals surface area contributed by atoms with Crippen molar-refractivity contribution in [3.63, 3.8) is 0 Å². The Hall–Kier alpha value is -1.12. The maximum absolute atomic E-state index is 13.1. The van der Waals surface area contributed by atoms with Crippen LogP contribution in [0.3, 0.4) is 0 Å². The Morgan fingerprint density at radius 2 is 1.89 bits per heavy atom. The topological polar surface area (TPSA) is 49.7 Å². The van der Waals surface area contributed by atoms with Crippen molar-refractivity contribution in [2.45, 2.75) is 91.4 Å². The molecule has 4 saturated carbocycles. The minimum atomic E-state index is -0.0266. The Bertz CT molecular complexity index is 754. The van der Waals surface area contributed by atoms with Crippen LogP contribution in [0, 0.1) is 39.9 Å². The molecule has 0 amide bonds. The Morgan fingerprint density at radius 1 is 1.07 bits per heavy atom. The van der Waals surface area contributed by atoms with Crippen LogP contribution < -0.4 is 0 Å². The maximum Gasteiger partial charge on any atom is 0.136 e. The highest BCUT2D eigenvalue weighted by Gasteiger charge is 2.69. The monoisotopic (exact) mass is 383 g/mol. The van der Waals surface area contributed by atoms with Crippen LogP contribution in [0.1, 0.15) is 91.4 Å². The fraction of sp³-hybridized carbons (Fsp3) is 0.840. The molecule has 5 aliphatic carbocycles. The van der Waals surface area contributed by atoms with Gasteiger partial charge in [-0.15, -0.1) is 0 Å². The largest absolute Gasteiger partial charge is 0.411 e. The fourth-order valence-corrected chi connectivity index (χ4v) is 9.45. The van der Waals surface area contributed by atoms with E-state index in [1.54, 1.807) is 0 Å². The number of ketones is 1. The summed E-state index contributed by atoms with van der Waals surface area (Å²) in [7, 11) is 0. The molecule has 0 aliphatic heterocycles. The van der Waals surface area contributed by atoms with Crippen molar-refractivity contribution in [3.8, 4) is 0 Å². The van der Waals surface area contributed by atoms with Gasteiger partial charge in [-0.05, 0) is 105 Å². The van der Waals surface area contributed by atoms with Crippen LogP contribution >= 0.6 is 0 Å². The quantitative estimate of drug-likeness (QED) is 0.436. The van der Waals surface area contributed by atoms with Gasteiger partial charge in [0, 0.05) is 5.41 Å². The summed E-state index contributed by atoms with van der Waals surface area (Å²) in [6.45, 7) is 6.93. The molecular weight excluding hydrogens is 346 g/mol. The van der Waals surface area contributed by atoms with Crippen LogP contribution in [-0.4, -0.2) is 16.7 Å². The third kappa shape index (κ3) is 2.17. The molecule has 0 unspecified atom stereocenters. The normalized spacial score (nSPS) is 51.5. The van der Waals surface area contributed by atoms with Gasteiger partial charge in [-0.1, -0.05) is 37.4 Å². The van der Waals surface area contributed by atoms with Crippen molar-refractivity contribution in [1.29, 1.82) is 0 Å². The number of Topliss-reactive ketones (excluding diaryl/α,β-unsaturated/α-hetero) is 1. The molecule has 28 heavy (non-hydrogen) atoms. The standard InChI is InChI=1S/C25H37NO2/c1-16(27)25-11-5-4-6-18(25)15-22-20-8-7-17-14-19(26-28)9-12-23(17,2)21(20)10-13-24(22,25)3/h14,18,20-22,28H,4-13,15H2,1-3H3/b26-19+/t18-,20-,21+,22+,23+,24+,25+/m1/s1. The molecule has 1 N–H and O–H groups in total. The second-order valence-corrected chi connectivity index (χ2v) is 11.3. The van der Waals surface area contributed by atoms with Crippen molar-refractivity contribution in [3.05, 3.63) is 11.6 Å². The van der Waals surface area contributed by atoms with Crippen LogP contribution in [0.5, 0.6) is 0 Å². The number of hydrogen-bond donors (Lipinski definition) is 1. The lowest BCUT2D eigenvalue weighted by atomic mass is 9.44. The van der Waals surface area contributed by atoms with Gasteiger partial charge in [-0.2, -0.15) is 0 Å². The summed E-state index contributed by atoms with van der Waals surface area (Å²) in [5, 5.41) is 12.8. The lowest BCUT2D eigenvalue weighted by Crippen LogP contribution is -2.55. The zero-order valence-corrected chi connectivity index (χ0v) is 18.0. The highest BCUT2D eigenvalue weighted by atomic mass is 16.4. The summed E-state index contributed by atoms with van der Waals surface area (Å²) < 4.78 is 0. The molecular formula is C25H37NO2. The summed E-state index contributed by atoms with van der Waals surface area (Å²) in [6, 6.07) is 0. The zero-order valence-electron chi connectivity index (χ0n) is 18.0. The first-order chi connectivity index (χ1) is 13.4. The second kappa shape index (κ2) is 6.19. The summed E-state index contributed by atoms with van der Waals surface area (Å²) in [5.41, 5.74) is 2.87. The molecule has 0 saturated heterocycles. The molecule has 0 aromatic heterocycles. The third-order valence-electron chi connectivity index (χ3n) is 10.8. The van der Waals surface area contributed by atoms with Crippen LogP contribution in [0.2, 0.25) is 0 Å². The van der Waals surface area contributed by atoms with E-state index in [0.29, 0.717) is 11.7 Å². The highest BCUT2D eigenvalue weighted by Crippen LogP contribution is 2.74. The zero-order chi connectivity index (χ0) is 19.7. The van der Waals surface area contributed by atoms with E-state index in [9.17, 15) is 10.0 Å². The van der Waals surface area contributed by atoms with Crippen LogP contribution in [0.4, 0.5) is 0 Å². The Labute approximate surface area is 170 Å². The molecule has 4 fully saturated rings. The molecule has 7 atom stereocenters. The Morgan fingerprint density at radius 3 is 2.64 bits per heavy atom.